The quantitative estimate of drug-likeness (QED) is 0.0702. The van der Waals surface area contributed by atoms with Crippen LogP contribution in [0.4, 0.5) is 0 Å². The summed E-state index contributed by atoms with van der Waals surface area (Å²) in [4.78, 5) is 12.2. The van der Waals surface area contributed by atoms with Crippen molar-refractivity contribution in [3.63, 3.8) is 0 Å². The Morgan fingerprint density at radius 3 is 1.84 bits per heavy atom. The predicted molar refractivity (Wildman–Crippen MR) is 157 cm³/mol. The molecule has 0 aliphatic carbocycles. The summed E-state index contributed by atoms with van der Waals surface area (Å²) in [6, 6.07) is -0.815. The number of carbonyl (C=O) groups is 1. The van der Waals surface area contributed by atoms with E-state index in [1.807, 2.05) is 0 Å². The van der Waals surface area contributed by atoms with Crippen LogP contribution in [0.15, 0.2) is 0 Å². The highest BCUT2D eigenvalue weighted by atomic mass is 16.7. The topological polar surface area (TPSA) is 228 Å². The molecule has 12 atom stereocenters. The first-order valence-electron chi connectivity index (χ1n) is 16.3. The van der Waals surface area contributed by atoms with Crippen LogP contribution in [0.1, 0.15) is 90.9 Å². The van der Waals surface area contributed by atoms with Crippen molar-refractivity contribution in [1.29, 1.82) is 0 Å². The van der Waals surface area contributed by atoms with Crippen molar-refractivity contribution < 1.29 is 64.6 Å². The van der Waals surface area contributed by atoms with Crippen LogP contribution in [0.25, 0.3) is 0 Å². The number of hydrogen-bond acceptors (Lipinski definition) is 13. The van der Waals surface area contributed by atoms with Crippen LogP contribution in [0.2, 0.25) is 0 Å². The lowest BCUT2D eigenvalue weighted by molar-refractivity contribution is -0.359. The molecule has 2 heterocycles. The minimum absolute atomic E-state index is 0.187. The van der Waals surface area contributed by atoms with Gasteiger partial charge in [0.05, 0.1) is 32.0 Å². The van der Waals surface area contributed by atoms with Crippen LogP contribution < -0.4 is 5.32 Å². The van der Waals surface area contributed by atoms with Gasteiger partial charge in [-0.05, 0) is 6.42 Å². The number of rotatable bonds is 21. The van der Waals surface area contributed by atoms with Crippen LogP contribution in [0.5, 0.6) is 0 Å². The minimum atomic E-state index is -1.77. The molecule has 9 N–H and O–H groups in total. The molecule has 260 valence electrons. The monoisotopic (exact) mass is 639 g/mol. The Hall–Kier alpha value is -1.01. The number of carbonyl (C=O) groups excluding carboxylic acids is 1. The van der Waals surface area contributed by atoms with Gasteiger partial charge in [-0.2, -0.15) is 0 Å². The normalized spacial score (nSPS) is 34.0. The van der Waals surface area contributed by atoms with Crippen LogP contribution in [-0.4, -0.2) is 140 Å². The second-order valence-electron chi connectivity index (χ2n) is 11.9. The summed E-state index contributed by atoms with van der Waals surface area (Å²) in [5, 5.41) is 84.8. The predicted octanol–water partition coefficient (Wildman–Crippen LogP) is -0.806. The van der Waals surface area contributed by atoms with Crippen molar-refractivity contribution >= 4 is 5.91 Å². The fraction of sp³-hybridized carbons (Fsp3) is 0.967. The van der Waals surface area contributed by atoms with Crippen LogP contribution in [0, 0.1) is 0 Å². The molecule has 0 bridgehead atoms. The fourth-order valence-electron chi connectivity index (χ4n) is 5.49. The molecule has 44 heavy (non-hydrogen) atoms. The molecule has 0 aromatic heterocycles. The van der Waals surface area contributed by atoms with E-state index in [0.29, 0.717) is 6.42 Å². The second kappa shape index (κ2) is 21.0. The zero-order chi connectivity index (χ0) is 32.6. The molecule has 0 spiro atoms. The number of ether oxygens (including phenoxy) is 4. The average molecular weight is 640 g/mol. The minimum Gasteiger partial charge on any atom is -0.394 e. The Balaban J connectivity index is 1.89. The van der Waals surface area contributed by atoms with E-state index in [-0.39, 0.29) is 18.9 Å². The third kappa shape index (κ3) is 12.0. The Morgan fingerprint density at radius 2 is 1.27 bits per heavy atom. The molecule has 12 unspecified atom stereocenters. The first kappa shape index (κ1) is 39.2. The Morgan fingerprint density at radius 1 is 0.727 bits per heavy atom. The van der Waals surface area contributed by atoms with Crippen molar-refractivity contribution in [2.24, 2.45) is 0 Å². The molecule has 14 heteroatoms. The first-order valence-corrected chi connectivity index (χ1v) is 16.3. The zero-order valence-electron chi connectivity index (χ0n) is 26.2. The number of aliphatic hydroxyl groups excluding tert-OH is 8. The third-order valence-electron chi connectivity index (χ3n) is 8.39. The summed E-state index contributed by atoms with van der Waals surface area (Å²) >= 11 is 0. The average Bonchev–Trinajstić information content (AvgIpc) is 3.02. The Labute approximate surface area is 260 Å². The van der Waals surface area contributed by atoms with E-state index < -0.39 is 86.8 Å². The van der Waals surface area contributed by atoms with E-state index in [9.17, 15) is 45.6 Å². The smallest absolute Gasteiger partial charge is 0.220 e. The van der Waals surface area contributed by atoms with Crippen molar-refractivity contribution in [2.75, 3.05) is 19.8 Å². The van der Waals surface area contributed by atoms with Crippen LogP contribution >= 0.6 is 0 Å². The lowest BCUT2D eigenvalue weighted by Crippen LogP contribution is -2.65. The van der Waals surface area contributed by atoms with Gasteiger partial charge in [-0.3, -0.25) is 4.79 Å². The molecular weight excluding hydrogens is 582 g/mol. The molecule has 2 saturated heterocycles. The Bertz CT molecular complexity index is 775. The molecule has 2 aliphatic heterocycles. The highest BCUT2D eigenvalue weighted by molar-refractivity contribution is 5.75. The highest BCUT2D eigenvalue weighted by Crippen LogP contribution is 2.29. The van der Waals surface area contributed by atoms with E-state index in [0.717, 1.165) is 25.7 Å². The summed E-state index contributed by atoms with van der Waals surface area (Å²) in [5.74, 6) is -0.299. The molecule has 2 rings (SSSR count). The van der Waals surface area contributed by atoms with Crippen molar-refractivity contribution in [2.45, 2.75) is 164 Å². The summed E-state index contributed by atoms with van der Waals surface area (Å²) in [5.41, 5.74) is 0. The zero-order valence-corrected chi connectivity index (χ0v) is 26.2. The van der Waals surface area contributed by atoms with E-state index in [2.05, 4.69) is 12.2 Å². The van der Waals surface area contributed by atoms with Crippen molar-refractivity contribution in [1.82, 2.24) is 5.32 Å². The molecule has 1 amide bonds. The van der Waals surface area contributed by atoms with Gasteiger partial charge in [-0.1, -0.05) is 78.1 Å². The molecular formula is C30H57NO13. The van der Waals surface area contributed by atoms with Crippen molar-refractivity contribution in [3.05, 3.63) is 0 Å². The third-order valence-corrected chi connectivity index (χ3v) is 8.39. The van der Waals surface area contributed by atoms with Gasteiger partial charge < -0.3 is 65.1 Å². The van der Waals surface area contributed by atoms with Gasteiger partial charge in [0.1, 0.15) is 48.8 Å². The molecule has 2 fully saturated rings. The van der Waals surface area contributed by atoms with Crippen molar-refractivity contribution in [3.8, 4) is 0 Å². The first-order chi connectivity index (χ1) is 21.1. The van der Waals surface area contributed by atoms with Gasteiger partial charge >= 0.3 is 0 Å². The van der Waals surface area contributed by atoms with Gasteiger partial charge in [0.15, 0.2) is 12.6 Å². The standard InChI is InChI=1S/C30H57NO13/c1-3-5-6-7-8-9-10-11-12-13-14-19(34)18(31-22(35)4-2)17-41-29-27(40)25(38)28(21(16-33)43-29)44-30-26(39)24(37)23(36)20(15-32)42-30/h18-21,23-30,32-34,36-40H,3-17H2,1-2H3,(H,31,35). The molecule has 0 saturated carbocycles. The number of nitrogens with one attached hydrogen (secondary N) is 1. The van der Waals surface area contributed by atoms with Gasteiger partial charge in [0.2, 0.25) is 5.91 Å². The second-order valence-corrected chi connectivity index (χ2v) is 11.9. The summed E-state index contributed by atoms with van der Waals surface area (Å²) in [7, 11) is 0. The van der Waals surface area contributed by atoms with E-state index in [4.69, 9.17) is 18.9 Å². The SMILES string of the molecule is CCCCCCCCCCCCC(O)C(COC1OC(CO)C(OC2OC(CO)C(O)C(O)C2O)C(O)C1O)NC(=O)CC. The van der Waals surface area contributed by atoms with Crippen LogP contribution in [0.3, 0.4) is 0 Å². The molecule has 2 aliphatic rings. The maximum absolute atomic E-state index is 12.2. The maximum atomic E-state index is 12.2. The van der Waals surface area contributed by atoms with E-state index in [1.165, 1.54) is 38.5 Å². The fourth-order valence-corrected chi connectivity index (χ4v) is 5.49. The van der Waals surface area contributed by atoms with Crippen LogP contribution in [-0.2, 0) is 23.7 Å². The molecule has 0 radical (unpaired) electrons. The summed E-state index contributed by atoms with van der Waals surface area (Å²) in [6.45, 7) is 2.22. The van der Waals surface area contributed by atoms with E-state index in [1.54, 1.807) is 6.92 Å². The largest absolute Gasteiger partial charge is 0.394 e. The molecule has 14 nitrogen and oxygen atoms in total. The van der Waals surface area contributed by atoms with Gasteiger partial charge in [-0.15, -0.1) is 0 Å². The van der Waals surface area contributed by atoms with Gasteiger partial charge in [-0.25, -0.2) is 0 Å². The van der Waals surface area contributed by atoms with E-state index >= 15 is 0 Å². The lowest BCUT2D eigenvalue weighted by atomic mass is 9.97. The number of unbranched alkanes of at least 4 members (excludes halogenated alkanes) is 9. The number of amides is 1. The summed E-state index contributed by atoms with van der Waals surface area (Å²) in [6.07, 6.45) is -4.56. The number of hydrogen-bond donors (Lipinski definition) is 9. The van der Waals surface area contributed by atoms with Gasteiger partial charge in [0.25, 0.3) is 0 Å². The van der Waals surface area contributed by atoms with Gasteiger partial charge in [0, 0.05) is 6.42 Å². The molecule has 0 aromatic carbocycles. The Kier molecular flexibility index (Phi) is 18.7. The summed E-state index contributed by atoms with van der Waals surface area (Å²) < 4.78 is 22.2. The highest BCUT2D eigenvalue weighted by Gasteiger charge is 2.50. The number of aliphatic hydroxyl groups is 8. The molecule has 0 aromatic rings. The lowest BCUT2D eigenvalue weighted by Gasteiger charge is -2.46. The maximum Gasteiger partial charge on any atom is 0.220 e.